The van der Waals surface area contributed by atoms with Crippen molar-refractivity contribution in [3.05, 3.63) is 83.7 Å². The predicted octanol–water partition coefficient (Wildman–Crippen LogP) is 5.65. The van der Waals surface area contributed by atoms with Crippen LogP contribution in [0.25, 0.3) is 0 Å². The first-order valence-electron chi connectivity index (χ1n) is 10.6. The highest BCUT2D eigenvalue weighted by molar-refractivity contribution is 7.92. The van der Waals surface area contributed by atoms with Crippen LogP contribution in [0, 0.1) is 0 Å². The number of halogens is 3. The summed E-state index contributed by atoms with van der Waals surface area (Å²) in [5.74, 6) is -0.834. The van der Waals surface area contributed by atoms with Gasteiger partial charge in [-0.25, -0.2) is 8.42 Å². The highest BCUT2D eigenvalue weighted by Crippen LogP contribution is 2.31. The van der Waals surface area contributed by atoms with Crippen molar-refractivity contribution < 1.29 is 26.3 Å². The average Bonchev–Trinajstić information content (AvgIpc) is 2.77. The first-order valence-corrected chi connectivity index (χ1v) is 12.2. The third-order valence-corrected chi connectivity index (χ3v) is 7.10. The van der Waals surface area contributed by atoms with E-state index in [0.717, 1.165) is 23.6 Å². The van der Waals surface area contributed by atoms with Crippen molar-refractivity contribution in [2.24, 2.45) is 0 Å². The number of aromatic nitrogens is 1. The lowest BCUT2D eigenvalue weighted by Gasteiger charge is -2.25. The number of hydrogen-bond donors (Lipinski definition) is 0. The van der Waals surface area contributed by atoms with Crippen LogP contribution >= 0.6 is 0 Å². The molecule has 5 nitrogen and oxygen atoms in total. The number of rotatable bonds is 7. The first-order chi connectivity index (χ1) is 15.7. The molecule has 9 heteroatoms. The van der Waals surface area contributed by atoms with Crippen LogP contribution < -0.4 is 9.04 Å². The Hall–Kier alpha value is -3.07. The van der Waals surface area contributed by atoms with Gasteiger partial charge >= 0.3 is 6.18 Å². The number of anilines is 1. The van der Waals surface area contributed by atoms with Crippen molar-refractivity contribution in [1.82, 2.24) is 4.98 Å². The van der Waals surface area contributed by atoms with Crippen LogP contribution in [0.4, 0.5) is 18.9 Å². The maximum absolute atomic E-state index is 13.0. The summed E-state index contributed by atoms with van der Waals surface area (Å²) in [5, 5.41) is 0. The van der Waals surface area contributed by atoms with Crippen LogP contribution in [0.1, 0.15) is 29.7 Å². The molecule has 0 spiro atoms. The second-order valence-electron chi connectivity index (χ2n) is 7.93. The number of pyridine rings is 1. The number of benzene rings is 2. The molecule has 174 valence electrons. The van der Waals surface area contributed by atoms with Gasteiger partial charge in [0, 0.05) is 6.20 Å². The minimum absolute atomic E-state index is 0.0997. The maximum Gasteiger partial charge on any atom is 0.404 e. The van der Waals surface area contributed by atoms with Crippen LogP contribution in [-0.4, -0.2) is 25.3 Å². The molecule has 33 heavy (non-hydrogen) atoms. The standard InChI is InChI=1S/C24H23F3N2O3S/c25-24(26,27)17-33(30,31)29(16-20-7-3-4-14-28-20)21-9-12-22(13-10-21)32-23-11-8-18-5-1-2-6-19(18)15-23/h3-4,7-15H,1-2,5-6,16-17H2. The van der Waals surface area contributed by atoms with Crippen LogP contribution in [0.3, 0.4) is 0 Å². The molecule has 0 atom stereocenters. The van der Waals surface area contributed by atoms with E-state index in [0.29, 0.717) is 17.2 Å². The molecule has 1 aliphatic rings. The molecule has 0 saturated carbocycles. The molecule has 0 radical (unpaired) electrons. The van der Waals surface area contributed by atoms with E-state index in [1.54, 1.807) is 30.3 Å². The van der Waals surface area contributed by atoms with Crippen molar-refractivity contribution in [2.75, 3.05) is 10.1 Å². The fourth-order valence-electron chi connectivity index (χ4n) is 3.86. The number of fused-ring (bicyclic) bond motifs is 1. The van der Waals surface area contributed by atoms with Gasteiger partial charge in [0.05, 0.1) is 17.9 Å². The lowest BCUT2D eigenvalue weighted by molar-refractivity contribution is -0.106. The van der Waals surface area contributed by atoms with Gasteiger partial charge in [-0.3, -0.25) is 9.29 Å². The molecule has 1 aliphatic carbocycles. The zero-order valence-electron chi connectivity index (χ0n) is 17.8. The Labute approximate surface area is 190 Å². The Bertz CT molecular complexity index is 1200. The van der Waals surface area contributed by atoms with Gasteiger partial charge in [-0.05, 0) is 85.3 Å². The van der Waals surface area contributed by atoms with Gasteiger partial charge in [0.2, 0.25) is 10.0 Å². The van der Waals surface area contributed by atoms with E-state index in [-0.39, 0.29) is 12.2 Å². The van der Waals surface area contributed by atoms with Crippen LogP contribution in [0.5, 0.6) is 11.5 Å². The van der Waals surface area contributed by atoms with E-state index >= 15 is 0 Å². The number of nitrogens with zero attached hydrogens (tertiary/aromatic N) is 2. The van der Waals surface area contributed by atoms with E-state index in [9.17, 15) is 21.6 Å². The third kappa shape index (κ3) is 6.04. The Morgan fingerprint density at radius 3 is 2.27 bits per heavy atom. The lowest BCUT2D eigenvalue weighted by Crippen LogP contribution is -2.37. The molecule has 0 bridgehead atoms. The highest BCUT2D eigenvalue weighted by atomic mass is 32.2. The van der Waals surface area contributed by atoms with Crippen molar-refractivity contribution in [3.8, 4) is 11.5 Å². The molecule has 0 unspecified atom stereocenters. The molecule has 0 N–H and O–H groups in total. The number of sulfonamides is 1. The zero-order chi connectivity index (χ0) is 23.5. The van der Waals surface area contributed by atoms with Gasteiger partial charge in [0.25, 0.3) is 0 Å². The fraction of sp³-hybridized carbons (Fsp3) is 0.292. The Morgan fingerprint density at radius 2 is 1.61 bits per heavy atom. The SMILES string of the molecule is O=S(=O)(CC(F)(F)F)N(Cc1ccccn1)c1ccc(Oc2ccc3c(c2)CCCC3)cc1. The number of ether oxygens (including phenoxy) is 1. The number of aryl methyl sites for hydroxylation is 2. The quantitative estimate of drug-likeness (QED) is 0.442. The van der Waals surface area contributed by atoms with Crippen molar-refractivity contribution >= 4 is 15.7 Å². The summed E-state index contributed by atoms with van der Waals surface area (Å²) >= 11 is 0. The van der Waals surface area contributed by atoms with E-state index in [1.165, 1.54) is 35.9 Å². The minimum atomic E-state index is -4.86. The number of alkyl halides is 3. The van der Waals surface area contributed by atoms with E-state index in [2.05, 4.69) is 11.1 Å². The monoisotopic (exact) mass is 476 g/mol. The van der Waals surface area contributed by atoms with Crippen LogP contribution in [0.2, 0.25) is 0 Å². The number of hydrogen-bond acceptors (Lipinski definition) is 4. The maximum atomic E-state index is 13.0. The summed E-state index contributed by atoms with van der Waals surface area (Å²) in [7, 11) is -4.69. The highest BCUT2D eigenvalue weighted by Gasteiger charge is 2.38. The molecule has 0 aliphatic heterocycles. The van der Waals surface area contributed by atoms with Crippen LogP contribution in [0.15, 0.2) is 66.9 Å². The normalized spacial score (nSPS) is 13.9. The molecule has 4 rings (SSSR count). The molecule has 1 heterocycles. The van der Waals surface area contributed by atoms with Crippen LogP contribution in [-0.2, 0) is 29.4 Å². The molecule has 1 aromatic heterocycles. The summed E-state index contributed by atoms with van der Waals surface area (Å²) in [6.07, 6.45) is 0.981. The van der Waals surface area contributed by atoms with Gasteiger partial charge in [0.15, 0.2) is 5.75 Å². The fourth-order valence-corrected chi connectivity index (χ4v) is 5.20. The molecular formula is C24H23F3N2O3S. The van der Waals surface area contributed by atoms with Gasteiger partial charge in [-0.2, -0.15) is 13.2 Å². The van der Waals surface area contributed by atoms with Gasteiger partial charge in [-0.15, -0.1) is 0 Å². The molecule has 0 saturated heterocycles. The second kappa shape index (κ2) is 9.43. The van der Waals surface area contributed by atoms with E-state index < -0.39 is 22.0 Å². The van der Waals surface area contributed by atoms with Gasteiger partial charge in [-0.1, -0.05) is 12.1 Å². The van der Waals surface area contributed by atoms with E-state index in [1.807, 2.05) is 12.1 Å². The summed E-state index contributed by atoms with van der Waals surface area (Å²) in [5.41, 5.74) is 3.01. The minimum Gasteiger partial charge on any atom is -0.457 e. The summed E-state index contributed by atoms with van der Waals surface area (Å²) < 4.78 is 70.7. The molecule has 3 aromatic rings. The molecular weight excluding hydrogens is 453 g/mol. The summed E-state index contributed by atoms with van der Waals surface area (Å²) in [4.78, 5) is 4.05. The van der Waals surface area contributed by atoms with E-state index in [4.69, 9.17) is 4.74 Å². The summed E-state index contributed by atoms with van der Waals surface area (Å²) in [6.45, 7) is -0.315. The Kier molecular flexibility index (Phi) is 6.60. The third-order valence-electron chi connectivity index (χ3n) is 5.39. The molecule has 0 fully saturated rings. The predicted molar refractivity (Wildman–Crippen MR) is 120 cm³/mol. The van der Waals surface area contributed by atoms with Gasteiger partial charge in [0.1, 0.15) is 11.5 Å². The largest absolute Gasteiger partial charge is 0.457 e. The van der Waals surface area contributed by atoms with Crippen molar-refractivity contribution in [3.63, 3.8) is 0 Å². The molecule has 2 aromatic carbocycles. The zero-order valence-corrected chi connectivity index (χ0v) is 18.6. The van der Waals surface area contributed by atoms with Crippen molar-refractivity contribution in [2.45, 2.75) is 38.4 Å². The lowest BCUT2D eigenvalue weighted by atomic mass is 9.92. The van der Waals surface area contributed by atoms with Gasteiger partial charge < -0.3 is 4.74 Å². The topological polar surface area (TPSA) is 59.5 Å². The average molecular weight is 477 g/mol. The first kappa shape index (κ1) is 23.1. The second-order valence-corrected chi connectivity index (χ2v) is 9.83. The molecule has 0 amide bonds. The van der Waals surface area contributed by atoms with Crippen molar-refractivity contribution in [1.29, 1.82) is 0 Å². The summed E-state index contributed by atoms with van der Waals surface area (Å²) in [6, 6.07) is 16.8. The smallest absolute Gasteiger partial charge is 0.404 e. The Morgan fingerprint density at radius 1 is 0.909 bits per heavy atom. The Balaban J connectivity index is 1.57.